The summed E-state index contributed by atoms with van der Waals surface area (Å²) in [5, 5.41) is 235. The van der Waals surface area contributed by atoms with E-state index in [0.29, 0.717) is 0 Å². The van der Waals surface area contributed by atoms with Crippen LogP contribution in [-0.2, 0) is 76.1 Å². The van der Waals surface area contributed by atoms with E-state index in [4.69, 9.17) is 52.1 Å². The lowest BCUT2D eigenvalue weighted by atomic mass is 9.88. The Hall–Kier alpha value is -3.85. The first-order valence-electron chi connectivity index (χ1n) is 27.4. The Morgan fingerprint density at radius 2 is 0.807 bits per heavy atom. The fourth-order valence-electron chi connectivity index (χ4n) is 11.1. The minimum atomic E-state index is -3.44. The van der Waals surface area contributed by atoms with E-state index in [1.807, 2.05) is 0 Å². The number of rotatable bonds is 25. The number of aliphatic hydroxyl groups excluding tert-OH is 19. The van der Waals surface area contributed by atoms with Crippen LogP contribution in [0.2, 0.25) is 0 Å². The van der Waals surface area contributed by atoms with Crippen molar-refractivity contribution in [3.05, 3.63) is 0 Å². The quantitative estimate of drug-likeness (QED) is 0.0404. The molecule has 32 atom stereocenters. The molecular weight excluding hydrogens is 1210 g/mol. The molecule has 6 saturated heterocycles. The molecule has 1 unspecified atom stereocenters. The van der Waals surface area contributed by atoms with Gasteiger partial charge < -0.3 is 175 Å². The predicted molar refractivity (Wildman–Crippen MR) is 268 cm³/mol. The molecule has 0 aromatic heterocycles. The molecule has 0 aliphatic carbocycles. The second-order valence-electron chi connectivity index (χ2n) is 21.8. The molecule has 0 radical (unpaired) electrons. The van der Waals surface area contributed by atoms with E-state index in [1.165, 1.54) is 0 Å². The average Bonchev–Trinajstić information content (AvgIpc) is 1.30. The molecule has 6 fully saturated rings. The smallest absolute Gasteiger partial charge is 0.364 e. The summed E-state index contributed by atoms with van der Waals surface area (Å²) >= 11 is 0. The molecule has 0 aromatic carbocycles. The first-order chi connectivity index (χ1) is 41.3. The van der Waals surface area contributed by atoms with E-state index in [9.17, 15) is 131 Å². The highest BCUT2D eigenvalue weighted by Gasteiger charge is 2.64. The number of carbonyl (C=O) groups is 5. The molecule has 6 rings (SSSR count). The summed E-state index contributed by atoms with van der Waals surface area (Å²) in [6, 6.07) is -5.66. The van der Waals surface area contributed by atoms with Gasteiger partial charge in [-0.2, -0.15) is 0 Å². The molecule has 6 aliphatic rings. The number of ether oxygens (including phenoxy) is 11. The van der Waals surface area contributed by atoms with Crippen LogP contribution < -0.4 is 16.0 Å². The highest BCUT2D eigenvalue weighted by atomic mass is 16.8. The number of nitrogens with one attached hydrogen (secondary N) is 3. The summed E-state index contributed by atoms with van der Waals surface area (Å²) in [5.41, 5.74) is 0. The van der Waals surface area contributed by atoms with Gasteiger partial charge in [-0.15, -0.1) is 0 Å². The SMILES string of the molecule is CC(=O)N[C@H]1[C@H](O[C@@H]2[C@H](O[C@]3(C(=O)O)C[C@H](O)[C@@H](NC(C)=O)[C@H]([C@H](O)[C@H](O)CO)O3)[C@@H](O)[C@H](O[C@H]3[C@H](O)[C@@H](O)C(O)O[C@@H]3CO)O[C@@H]2CO)O[C@H](CO)[C@@H](O)[C@@H]1O[C@@H]1O[C@H](CO)[C@H](O)[C@H](O[C@]2(C(=O)O)C[C@H](O)[C@@H](NC(C)=O)[C@H]([C@H](O)[C@H](O)CO)O2)[C@H]1O. The number of amides is 3. The summed E-state index contributed by atoms with van der Waals surface area (Å²) in [7, 11) is 0. The number of hydrogen-bond donors (Lipinski definition) is 24. The van der Waals surface area contributed by atoms with Crippen molar-refractivity contribution in [2.45, 2.75) is 229 Å². The maximum atomic E-state index is 13.6. The van der Waals surface area contributed by atoms with E-state index in [0.717, 1.165) is 20.8 Å². The summed E-state index contributed by atoms with van der Waals surface area (Å²) < 4.78 is 63.8. The maximum absolute atomic E-state index is 13.6. The molecule has 6 heterocycles. The molecule has 508 valence electrons. The predicted octanol–water partition coefficient (Wildman–Crippen LogP) is -15.3. The Morgan fingerprint density at radius 3 is 1.23 bits per heavy atom. The third-order valence-electron chi connectivity index (χ3n) is 15.6. The second kappa shape index (κ2) is 30.7. The van der Waals surface area contributed by atoms with E-state index >= 15 is 0 Å². The molecule has 0 bridgehead atoms. The Morgan fingerprint density at radius 1 is 0.443 bits per heavy atom. The number of carbonyl (C=O) groups excluding carboxylic acids is 3. The van der Waals surface area contributed by atoms with Crippen LogP contribution in [-0.4, -0.2) is 372 Å². The topological polar surface area (TPSA) is 648 Å². The molecule has 0 spiro atoms. The van der Waals surface area contributed by atoms with Crippen molar-refractivity contribution in [2.24, 2.45) is 0 Å². The van der Waals surface area contributed by atoms with Crippen LogP contribution in [0.1, 0.15) is 33.6 Å². The van der Waals surface area contributed by atoms with Gasteiger partial charge in [0.25, 0.3) is 11.6 Å². The standard InChI is InChI=1S/C48H79N3O37/c1-12(58)49-23-15(61)4-47(45(74)75,85-37(23)26(65)17(63)6-52)87-39-29(68)20(9-55)80-43(32(39)71)84-36-25(51-14(3)60)42(79-19(8-54)28(36)67)83-35-22(11-57)81-44(82-34-21(10-56)78-41(73)31(70)30(34)69)33(72)40(35)88-48(46(76)77)5-16(62)24(50-13(2)59)38(86-48)27(66)18(64)7-53/h15-44,52-57,61-73H,4-11H2,1-3H3,(H,49,58)(H,50,59)(H,51,60)(H,74,75)(H,76,77)/t15-,16-,17+,18+,19+,20+,21+,22+,23+,24+,25+,26+,27+,28+,29-,30+,31+,32+,33+,34+,35-,36+,37+,38+,39-,40+,41?,42-,43-,44-,47-,48-/m0/s1. The third-order valence-corrected chi connectivity index (χ3v) is 15.6. The van der Waals surface area contributed by atoms with Crippen LogP contribution in [0, 0.1) is 0 Å². The van der Waals surface area contributed by atoms with E-state index in [-0.39, 0.29) is 0 Å². The van der Waals surface area contributed by atoms with Gasteiger partial charge in [-0.05, 0) is 0 Å². The third kappa shape index (κ3) is 15.6. The van der Waals surface area contributed by atoms with Crippen molar-refractivity contribution >= 4 is 29.7 Å². The minimum Gasteiger partial charge on any atom is -0.477 e. The van der Waals surface area contributed by atoms with Gasteiger partial charge in [0, 0.05) is 33.6 Å². The minimum absolute atomic E-state index is 0.864. The lowest BCUT2D eigenvalue weighted by Gasteiger charge is -2.53. The normalized spacial score (nSPS) is 44.6. The van der Waals surface area contributed by atoms with Crippen LogP contribution >= 0.6 is 0 Å². The maximum Gasteiger partial charge on any atom is 0.364 e. The van der Waals surface area contributed by atoms with E-state index in [2.05, 4.69) is 16.0 Å². The monoisotopic (exact) mass is 1290 g/mol. The number of carboxylic acids is 2. The number of aliphatic hydroxyl groups is 19. The van der Waals surface area contributed by atoms with Gasteiger partial charge in [0.1, 0.15) is 134 Å². The van der Waals surface area contributed by atoms with Crippen LogP contribution in [0.25, 0.3) is 0 Å². The molecule has 6 aliphatic heterocycles. The molecule has 88 heavy (non-hydrogen) atoms. The van der Waals surface area contributed by atoms with Gasteiger partial charge in [0.15, 0.2) is 25.2 Å². The molecule has 24 N–H and O–H groups in total. The largest absolute Gasteiger partial charge is 0.477 e. The van der Waals surface area contributed by atoms with Gasteiger partial charge in [0.05, 0.1) is 63.9 Å². The van der Waals surface area contributed by atoms with Crippen molar-refractivity contribution in [3.8, 4) is 0 Å². The molecule has 0 aromatic rings. The number of carboxylic acid groups (broad SMARTS) is 2. The van der Waals surface area contributed by atoms with Crippen LogP contribution in [0.4, 0.5) is 0 Å². The zero-order valence-corrected chi connectivity index (χ0v) is 46.9. The molecular formula is C48H79N3O37. The average molecular weight is 1290 g/mol. The molecule has 40 nitrogen and oxygen atoms in total. The number of hydrogen-bond acceptors (Lipinski definition) is 35. The highest BCUT2D eigenvalue weighted by Crippen LogP contribution is 2.42. The zero-order valence-electron chi connectivity index (χ0n) is 46.9. The summed E-state index contributed by atoms with van der Waals surface area (Å²) in [6.45, 7) is -4.55. The van der Waals surface area contributed by atoms with Crippen molar-refractivity contribution in [2.75, 3.05) is 39.6 Å². The Labute approximate surface area is 496 Å². The molecule has 3 amide bonds. The summed E-state index contributed by atoms with van der Waals surface area (Å²) in [4.78, 5) is 64.4. The van der Waals surface area contributed by atoms with Crippen LogP contribution in [0.3, 0.4) is 0 Å². The Kier molecular flexibility index (Phi) is 25.6. The van der Waals surface area contributed by atoms with Gasteiger partial charge in [-0.3, -0.25) is 14.4 Å². The van der Waals surface area contributed by atoms with Crippen LogP contribution in [0.5, 0.6) is 0 Å². The van der Waals surface area contributed by atoms with E-state index in [1.54, 1.807) is 0 Å². The number of aliphatic carboxylic acids is 2. The van der Waals surface area contributed by atoms with Crippen LogP contribution in [0.15, 0.2) is 0 Å². The fraction of sp³-hybridized carbons (Fsp3) is 0.896. The second-order valence-corrected chi connectivity index (χ2v) is 21.8. The highest BCUT2D eigenvalue weighted by molar-refractivity contribution is 5.77. The van der Waals surface area contributed by atoms with Crippen molar-refractivity contribution in [1.29, 1.82) is 0 Å². The first kappa shape index (κ1) is 73.2. The van der Waals surface area contributed by atoms with Crippen molar-refractivity contribution in [1.82, 2.24) is 16.0 Å². The summed E-state index contributed by atoms with van der Waals surface area (Å²) in [5.74, 6) is -14.0. The fourth-order valence-corrected chi connectivity index (χ4v) is 11.1. The molecule has 0 saturated carbocycles. The van der Waals surface area contributed by atoms with Gasteiger partial charge in [-0.1, -0.05) is 0 Å². The zero-order chi connectivity index (χ0) is 65.8. The first-order valence-corrected chi connectivity index (χ1v) is 27.4. The van der Waals surface area contributed by atoms with E-state index < -0.39 is 277 Å². The Bertz CT molecular complexity index is 2320. The lowest BCUT2D eigenvalue weighted by molar-refractivity contribution is -0.404. The molecule has 40 heteroatoms. The Balaban J connectivity index is 1.42. The van der Waals surface area contributed by atoms with Crippen molar-refractivity contribution < 1.29 is 183 Å². The van der Waals surface area contributed by atoms with Crippen molar-refractivity contribution in [3.63, 3.8) is 0 Å². The van der Waals surface area contributed by atoms with Gasteiger partial charge >= 0.3 is 11.9 Å². The van der Waals surface area contributed by atoms with Gasteiger partial charge in [0.2, 0.25) is 17.7 Å². The summed E-state index contributed by atoms with van der Waals surface area (Å²) in [6.07, 6.45) is -63.1. The van der Waals surface area contributed by atoms with Gasteiger partial charge in [-0.25, -0.2) is 9.59 Å². The lowest BCUT2D eigenvalue weighted by Crippen LogP contribution is -2.72.